The van der Waals surface area contributed by atoms with Crippen molar-refractivity contribution in [2.75, 3.05) is 0 Å². The number of fused-ring (bicyclic) bond motifs is 1. The first-order chi connectivity index (χ1) is 12.2. The van der Waals surface area contributed by atoms with Gasteiger partial charge in [-0.15, -0.1) is 11.3 Å². The molecule has 3 aromatic rings. The number of aromatic nitrogens is 1. The van der Waals surface area contributed by atoms with E-state index in [2.05, 4.69) is 11.1 Å². The van der Waals surface area contributed by atoms with E-state index in [9.17, 15) is 4.79 Å². The molecule has 0 N–H and O–H groups in total. The van der Waals surface area contributed by atoms with E-state index in [1.54, 1.807) is 12.1 Å². The summed E-state index contributed by atoms with van der Waals surface area (Å²) in [4.78, 5) is 18.3. The van der Waals surface area contributed by atoms with Crippen LogP contribution >= 0.6 is 11.3 Å². The van der Waals surface area contributed by atoms with Gasteiger partial charge in [-0.05, 0) is 36.6 Å². The molecule has 3 nitrogen and oxygen atoms in total. The van der Waals surface area contributed by atoms with Gasteiger partial charge in [0.05, 0.1) is 22.2 Å². The van der Waals surface area contributed by atoms with Crippen LogP contribution in [-0.2, 0) is 6.42 Å². The highest BCUT2D eigenvalue weighted by Gasteiger charge is 2.26. The number of hydrogen-bond donors (Lipinski definition) is 0. The second-order valence-corrected chi connectivity index (χ2v) is 6.90. The summed E-state index contributed by atoms with van der Waals surface area (Å²) in [5.74, 6) is 0.0586. The number of carbonyl (C=O) groups excluding carboxylic acids is 1. The SMILES string of the molecule is N#Cc1cccc(/C=C2\CCc3nc(-c4ccccc4)sc3C2=O)c1. The third-order valence-electron chi connectivity index (χ3n) is 4.20. The number of rotatable bonds is 2. The van der Waals surface area contributed by atoms with Crippen LogP contribution in [0.25, 0.3) is 16.6 Å². The van der Waals surface area contributed by atoms with E-state index in [1.165, 1.54) is 11.3 Å². The Morgan fingerprint density at radius 3 is 2.72 bits per heavy atom. The number of hydrogen-bond acceptors (Lipinski definition) is 4. The molecule has 4 rings (SSSR count). The lowest BCUT2D eigenvalue weighted by atomic mass is 9.93. The molecule has 25 heavy (non-hydrogen) atoms. The van der Waals surface area contributed by atoms with E-state index >= 15 is 0 Å². The molecule has 1 aromatic heterocycles. The lowest BCUT2D eigenvalue weighted by molar-refractivity contribution is 0.103. The van der Waals surface area contributed by atoms with Gasteiger partial charge in [0, 0.05) is 11.1 Å². The van der Waals surface area contributed by atoms with Crippen molar-refractivity contribution in [1.29, 1.82) is 5.26 Å². The van der Waals surface area contributed by atoms with Crippen LogP contribution in [0.2, 0.25) is 0 Å². The molecular formula is C21H14N2OS. The fraction of sp³-hybridized carbons (Fsp3) is 0.0952. The molecule has 0 fully saturated rings. The van der Waals surface area contributed by atoms with Gasteiger partial charge in [0.2, 0.25) is 5.78 Å². The Kier molecular flexibility index (Phi) is 4.01. The first-order valence-electron chi connectivity index (χ1n) is 8.05. The Morgan fingerprint density at radius 2 is 1.92 bits per heavy atom. The predicted molar refractivity (Wildman–Crippen MR) is 99.3 cm³/mol. The summed E-state index contributed by atoms with van der Waals surface area (Å²) < 4.78 is 0. The first kappa shape index (κ1) is 15.5. The van der Waals surface area contributed by atoms with Crippen molar-refractivity contribution in [3.8, 4) is 16.6 Å². The van der Waals surface area contributed by atoms with Crippen molar-refractivity contribution in [3.05, 3.63) is 81.9 Å². The van der Waals surface area contributed by atoms with Crippen molar-refractivity contribution < 1.29 is 4.79 Å². The van der Waals surface area contributed by atoms with Crippen molar-refractivity contribution in [1.82, 2.24) is 4.98 Å². The molecule has 0 amide bonds. The van der Waals surface area contributed by atoms with Crippen LogP contribution in [0.5, 0.6) is 0 Å². The number of nitriles is 1. The molecule has 0 aliphatic heterocycles. The van der Waals surface area contributed by atoms with E-state index < -0.39 is 0 Å². The summed E-state index contributed by atoms with van der Waals surface area (Å²) >= 11 is 1.46. The average Bonchev–Trinajstić information content (AvgIpc) is 3.10. The maximum absolute atomic E-state index is 12.9. The molecule has 0 atom stereocenters. The number of aryl methyl sites for hydroxylation is 1. The van der Waals surface area contributed by atoms with Crippen LogP contribution in [-0.4, -0.2) is 10.8 Å². The number of ketones is 1. The molecule has 0 bridgehead atoms. The number of Topliss-reactive ketones (excluding diaryl/α,β-unsaturated/α-hetero) is 1. The van der Waals surface area contributed by atoms with E-state index in [-0.39, 0.29) is 5.78 Å². The largest absolute Gasteiger partial charge is 0.288 e. The lowest BCUT2D eigenvalue weighted by Gasteiger charge is -2.12. The Hall–Kier alpha value is -3.03. The van der Waals surface area contributed by atoms with Crippen molar-refractivity contribution in [2.45, 2.75) is 12.8 Å². The number of nitrogens with zero attached hydrogens (tertiary/aromatic N) is 2. The molecule has 0 saturated carbocycles. The van der Waals surface area contributed by atoms with Crippen LogP contribution in [0.1, 0.15) is 32.9 Å². The minimum atomic E-state index is 0.0586. The Morgan fingerprint density at radius 1 is 1.08 bits per heavy atom. The van der Waals surface area contributed by atoms with Gasteiger partial charge >= 0.3 is 0 Å². The highest BCUT2D eigenvalue weighted by molar-refractivity contribution is 7.17. The monoisotopic (exact) mass is 342 g/mol. The van der Waals surface area contributed by atoms with Crippen LogP contribution < -0.4 is 0 Å². The minimum absolute atomic E-state index is 0.0586. The van der Waals surface area contributed by atoms with E-state index in [0.717, 1.165) is 38.7 Å². The Balaban J connectivity index is 1.68. The van der Waals surface area contributed by atoms with E-state index in [1.807, 2.05) is 48.5 Å². The van der Waals surface area contributed by atoms with Gasteiger partial charge in [-0.2, -0.15) is 5.26 Å². The van der Waals surface area contributed by atoms with E-state index in [4.69, 9.17) is 5.26 Å². The highest BCUT2D eigenvalue weighted by atomic mass is 32.1. The van der Waals surface area contributed by atoms with Crippen LogP contribution in [0, 0.1) is 11.3 Å². The molecule has 0 spiro atoms. The fourth-order valence-electron chi connectivity index (χ4n) is 2.95. The van der Waals surface area contributed by atoms with Crippen molar-refractivity contribution in [3.63, 3.8) is 0 Å². The van der Waals surface area contributed by atoms with Crippen molar-refractivity contribution in [2.24, 2.45) is 0 Å². The maximum atomic E-state index is 12.9. The summed E-state index contributed by atoms with van der Waals surface area (Å²) in [6, 6.07) is 19.4. The van der Waals surface area contributed by atoms with Crippen molar-refractivity contribution >= 4 is 23.2 Å². The summed E-state index contributed by atoms with van der Waals surface area (Å²) in [5.41, 5.74) is 4.21. The number of thiazole rings is 1. The number of allylic oxidation sites excluding steroid dienone is 1. The standard InChI is InChI=1S/C21H14N2OS/c22-13-15-6-4-5-14(11-15)12-17-9-10-18-20(19(17)24)25-21(23-18)16-7-2-1-3-8-16/h1-8,11-12H,9-10H2/b17-12+. The van der Waals surface area contributed by atoms with Gasteiger partial charge in [-0.3, -0.25) is 4.79 Å². The van der Waals surface area contributed by atoms with Crippen LogP contribution in [0.3, 0.4) is 0 Å². The second kappa shape index (κ2) is 6.46. The maximum Gasteiger partial charge on any atom is 0.200 e. The van der Waals surface area contributed by atoms with Crippen LogP contribution in [0.15, 0.2) is 60.2 Å². The van der Waals surface area contributed by atoms with Gasteiger partial charge < -0.3 is 0 Å². The normalized spacial score (nSPS) is 15.0. The quantitative estimate of drug-likeness (QED) is 0.623. The zero-order valence-corrected chi connectivity index (χ0v) is 14.2. The third-order valence-corrected chi connectivity index (χ3v) is 5.35. The fourth-order valence-corrected chi connectivity index (χ4v) is 4.04. The summed E-state index contributed by atoms with van der Waals surface area (Å²) in [7, 11) is 0. The number of carbonyl (C=O) groups is 1. The number of benzene rings is 2. The topological polar surface area (TPSA) is 53.8 Å². The van der Waals surface area contributed by atoms with Crippen LogP contribution in [0.4, 0.5) is 0 Å². The summed E-state index contributed by atoms with van der Waals surface area (Å²) in [5, 5.41) is 9.91. The smallest absolute Gasteiger partial charge is 0.200 e. The summed E-state index contributed by atoms with van der Waals surface area (Å²) in [6.45, 7) is 0. The Bertz CT molecular complexity index is 1030. The molecule has 0 saturated heterocycles. The molecular weight excluding hydrogens is 328 g/mol. The molecule has 1 aliphatic carbocycles. The van der Waals surface area contributed by atoms with Gasteiger partial charge in [0.25, 0.3) is 0 Å². The lowest BCUT2D eigenvalue weighted by Crippen LogP contribution is -2.12. The molecule has 4 heteroatoms. The van der Waals surface area contributed by atoms with Gasteiger partial charge in [0.15, 0.2) is 0 Å². The molecule has 0 radical (unpaired) electrons. The first-order valence-corrected chi connectivity index (χ1v) is 8.87. The summed E-state index contributed by atoms with van der Waals surface area (Å²) in [6.07, 6.45) is 3.35. The van der Waals surface area contributed by atoms with E-state index in [0.29, 0.717) is 12.0 Å². The molecule has 2 aromatic carbocycles. The molecule has 1 heterocycles. The Labute approximate surface area is 149 Å². The minimum Gasteiger partial charge on any atom is -0.288 e. The van der Waals surface area contributed by atoms with Gasteiger partial charge in [-0.1, -0.05) is 42.5 Å². The average molecular weight is 342 g/mol. The third kappa shape index (κ3) is 3.02. The zero-order chi connectivity index (χ0) is 17.2. The predicted octanol–water partition coefficient (Wildman–Crippen LogP) is 4.89. The molecule has 1 aliphatic rings. The highest BCUT2D eigenvalue weighted by Crippen LogP contribution is 2.34. The van der Waals surface area contributed by atoms with Gasteiger partial charge in [-0.25, -0.2) is 4.98 Å². The van der Waals surface area contributed by atoms with Gasteiger partial charge in [0.1, 0.15) is 5.01 Å². The molecule has 120 valence electrons. The zero-order valence-electron chi connectivity index (χ0n) is 13.4. The second-order valence-electron chi connectivity index (χ2n) is 5.90. The molecule has 0 unspecified atom stereocenters.